The van der Waals surface area contributed by atoms with Gasteiger partial charge in [0.1, 0.15) is 11.7 Å². The highest BCUT2D eigenvalue weighted by molar-refractivity contribution is 6.27. The predicted octanol–water partition coefficient (Wildman–Crippen LogP) is 0.641. The van der Waals surface area contributed by atoms with Crippen LogP contribution in [0, 0.1) is 0 Å². The third kappa shape index (κ3) is 0.897. The highest BCUT2D eigenvalue weighted by Gasteiger charge is 2.70. The Morgan fingerprint density at radius 3 is 2.69 bits per heavy atom. The molecule has 0 radical (unpaired) electrons. The van der Waals surface area contributed by atoms with Gasteiger partial charge in [0.25, 0.3) is 0 Å². The maximum absolute atomic E-state index is 11.7. The van der Waals surface area contributed by atoms with Crippen molar-refractivity contribution in [3.8, 4) is 0 Å². The summed E-state index contributed by atoms with van der Waals surface area (Å²) in [5.74, 6) is -0.350. The Hall–Kier alpha value is -0.380. The lowest BCUT2D eigenvalue weighted by Crippen LogP contribution is -2.55. The quantitative estimate of drug-likeness (QED) is 0.356. The first-order valence-electron chi connectivity index (χ1n) is 4.09. The third-order valence-corrected chi connectivity index (χ3v) is 3.58. The molecule has 0 aromatic rings. The number of rotatable bonds is 0. The Morgan fingerprint density at radius 1 is 1.62 bits per heavy atom. The molecule has 2 fully saturated rings. The zero-order valence-electron chi connectivity index (χ0n) is 7.50. The fourth-order valence-electron chi connectivity index (χ4n) is 1.92. The minimum absolute atomic E-state index is 0.303. The molecule has 1 saturated carbocycles. The van der Waals surface area contributed by atoms with Crippen molar-refractivity contribution in [3.63, 3.8) is 0 Å². The van der Waals surface area contributed by atoms with E-state index in [1.807, 2.05) is 0 Å². The molecule has 0 bridgehead atoms. The summed E-state index contributed by atoms with van der Waals surface area (Å²) >= 11 is 5.89. The largest absolute Gasteiger partial charge is 0.380 e. The summed E-state index contributed by atoms with van der Waals surface area (Å²) in [5.41, 5.74) is -1.85. The monoisotopic (exact) mass is 202 g/mol. The first-order valence-corrected chi connectivity index (χ1v) is 4.53. The van der Waals surface area contributed by atoms with Crippen molar-refractivity contribution in [1.82, 2.24) is 0 Å². The fourth-order valence-corrected chi connectivity index (χ4v) is 2.14. The molecule has 1 N–H and O–H groups in total. The van der Waals surface area contributed by atoms with E-state index in [0.717, 1.165) is 0 Å². The molecule has 1 aliphatic carbocycles. The smallest absolute Gasteiger partial charge is 0.200 e. The molecule has 2 aliphatic rings. The van der Waals surface area contributed by atoms with Crippen molar-refractivity contribution in [2.24, 2.45) is 0 Å². The minimum Gasteiger partial charge on any atom is -0.380 e. The maximum Gasteiger partial charge on any atom is 0.200 e. The van der Waals surface area contributed by atoms with E-state index in [2.05, 4.69) is 6.58 Å². The summed E-state index contributed by atoms with van der Waals surface area (Å²) in [6.45, 7) is 6.78. The lowest BCUT2D eigenvalue weighted by atomic mass is 9.76. The van der Waals surface area contributed by atoms with Crippen LogP contribution < -0.4 is 0 Å². The van der Waals surface area contributed by atoms with Crippen molar-refractivity contribution >= 4 is 17.4 Å². The summed E-state index contributed by atoms with van der Waals surface area (Å²) in [5, 5.41) is 9.07. The predicted molar refractivity (Wildman–Crippen MR) is 47.7 cm³/mol. The van der Waals surface area contributed by atoms with Crippen molar-refractivity contribution in [3.05, 3.63) is 12.2 Å². The number of carbonyl (C=O) groups is 1. The first kappa shape index (κ1) is 9.19. The number of ether oxygens (including phenoxy) is 1. The van der Waals surface area contributed by atoms with E-state index >= 15 is 0 Å². The topological polar surface area (TPSA) is 49.8 Å². The average Bonchev–Trinajstić information content (AvgIpc) is 2.74. The van der Waals surface area contributed by atoms with Crippen molar-refractivity contribution in [1.29, 1.82) is 0 Å². The third-order valence-electron chi connectivity index (χ3n) is 2.87. The van der Waals surface area contributed by atoms with E-state index in [4.69, 9.17) is 16.3 Å². The van der Waals surface area contributed by atoms with Crippen LogP contribution in [0.25, 0.3) is 0 Å². The molecule has 2 rings (SSSR count). The normalized spacial score (nSPS) is 54.8. The number of hydrogen-bond donors (Lipinski definition) is 1. The SMILES string of the molecule is C=C1C(Cl)[C@](C)(O)C(=O)[C@]2(C)O[C@H]12. The van der Waals surface area contributed by atoms with Crippen LogP contribution >= 0.6 is 11.6 Å². The summed E-state index contributed by atoms with van der Waals surface area (Å²) in [6.07, 6.45) is -0.303. The summed E-state index contributed by atoms with van der Waals surface area (Å²) in [6, 6.07) is 0. The van der Waals surface area contributed by atoms with Gasteiger partial charge >= 0.3 is 0 Å². The van der Waals surface area contributed by atoms with Crippen LogP contribution in [0.4, 0.5) is 0 Å². The molecule has 13 heavy (non-hydrogen) atoms. The Bertz CT molecular complexity index is 310. The van der Waals surface area contributed by atoms with Crippen LogP contribution in [0.3, 0.4) is 0 Å². The van der Waals surface area contributed by atoms with Gasteiger partial charge in [-0.3, -0.25) is 4.79 Å². The number of alkyl halides is 1. The molecule has 0 spiro atoms. The molecule has 0 amide bonds. The lowest BCUT2D eigenvalue weighted by Gasteiger charge is -2.33. The van der Waals surface area contributed by atoms with Gasteiger partial charge in [-0.1, -0.05) is 6.58 Å². The number of fused-ring (bicyclic) bond motifs is 1. The molecule has 72 valence electrons. The summed E-state index contributed by atoms with van der Waals surface area (Å²) < 4.78 is 5.20. The maximum atomic E-state index is 11.7. The van der Waals surface area contributed by atoms with E-state index in [9.17, 15) is 9.90 Å². The van der Waals surface area contributed by atoms with E-state index in [1.165, 1.54) is 6.92 Å². The minimum atomic E-state index is -1.56. The molecule has 4 heteroatoms. The van der Waals surface area contributed by atoms with Crippen LogP contribution in [0.2, 0.25) is 0 Å². The standard InChI is InChI=1S/C9H11ClO3/c1-4-5(10)8(2,12)7(11)9(3)6(4)13-9/h5-6,12H,1H2,2-3H3/t5?,6-,8+,9-/m1/s1. The molecule has 1 saturated heterocycles. The van der Waals surface area contributed by atoms with Gasteiger partial charge in [0, 0.05) is 0 Å². The van der Waals surface area contributed by atoms with Crippen LogP contribution in [-0.4, -0.2) is 33.6 Å². The zero-order valence-corrected chi connectivity index (χ0v) is 8.26. The molecule has 4 atom stereocenters. The second kappa shape index (κ2) is 2.16. The zero-order chi connectivity index (χ0) is 10.0. The fraction of sp³-hybridized carbons (Fsp3) is 0.667. The van der Waals surface area contributed by atoms with Crippen LogP contribution in [-0.2, 0) is 9.53 Å². The van der Waals surface area contributed by atoms with Crippen molar-refractivity contribution in [2.75, 3.05) is 0 Å². The molecular weight excluding hydrogens is 192 g/mol. The highest BCUT2D eigenvalue weighted by atomic mass is 35.5. The highest BCUT2D eigenvalue weighted by Crippen LogP contribution is 2.51. The van der Waals surface area contributed by atoms with E-state index in [-0.39, 0.29) is 11.9 Å². The van der Waals surface area contributed by atoms with Crippen LogP contribution in [0.1, 0.15) is 13.8 Å². The van der Waals surface area contributed by atoms with Crippen molar-refractivity contribution < 1.29 is 14.6 Å². The van der Waals surface area contributed by atoms with E-state index in [0.29, 0.717) is 5.57 Å². The molecule has 1 unspecified atom stereocenters. The Labute approximate surface area is 81.3 Å². The lowest BCUT2D eigenvalue weighted by molar-refractivity contribution is -0.140. The van der Waals surface area contributed by atoms with Gasteiger partial charge in [-0.25, -0.2) is 0 Å². The van der Waals surface area contributed by atoms with Gasteiger partial charge in [-0.2, -0.15) is 0 Å². The summed E-state index contributed by atoms with van der Waals surface area (Å²) in [7, 11) is 0. The van der Waals surface area contributed by atoms with Gasteiger partial charge in [-0.15, -0.1) is 11.6 Å². The van der Waals surface area contributed by atoms with Crippen molar-refractivity contribution in [2.45, 2.75) is 36.5 Å². The number of epoxide rings is 1. The molecule has 0 aromatic heterocycles. The molecule has 1 aliphatic heterocycles. The molecule has 1 heterocycles. The number of ketones is 1. The van der Waals surface area contributed by atoms with Gasteiger partial charge in [0.15, 0.2) is 11.4 Å². The molecule has 3 nitrogen and oxygen atoms in total. The van der Waals surface area contributed by atoms with Gasteiger partial charge in [-0.05, 0) is 19.4 Å². The van der Waals surface area contributed by atoms with Crippen LogP contribution in [0.15, 0.2) is 12.2 Å². The molecule has 0 aromatic carbocycles. The van der Waals surface area contributed by atoms with E-state index in [1.54, 1.807) is 6.92 Å². The Kier molecular flexibility index (Phi) is 1.53. The Balaban J connectivity index is 2.43. The van der Waals surface area contributed by atoms with Gasteiger partial charge < -0.3 is 9.84 Å². The Morgan fingerprint density at radius 2 is 2.15 bits per heavy atom. The van der Waals surface area contributed by atoms with E-state index < -0.39 is 16.6 Å². The summed E-state index contributed by atoms with van der Waals surface area (Å²) in [4.78, 5) is 11.7. The first-order chi connectivity index (χ1) is 5.82. The average molecular weight is 203 g/mol. The van der Waals surface area contributed by atoms with Gasteiger partial charge in [0.2, 0.25) is 0 Å². The number of carbonyl (C=O) groups excluding carboxylic acids is 1. The number of hydrogen-bond acceptors (Lipinski definition) is 3. The number of halogens is 1. The molecular formula is C9H11ClO3. The van der Waals surface area contributed by atoms with Crippen LogP contribution in [0.5, 0.6) is 0 Å². The second-order valence-corrected chi connectivity index (χ2v) is 4.46. The number of aliphatic hydroxyl groups is 1. The second-order valence-electron chi connectivity index (χ2n) is 4.02. The number of Topliss-reactive ketones (excluding diaryl/α,β-unsaturated/α-hetero) is 1. The van der Waals surface area contributed by atoms with Gasteiger partial charge in [0.05, 0.1) is 5.38 Å².